The molecule has 1 atom stereocenters. The SMILES string of the molecule is CCN(CC(=O)Nc1cc(C)nn1-c1ccc(C)cc1)C(C)c1ccc(C#N)cc1. The number of amides is 1. The lowest BCUT2D eigenvalue weighted by Gasteiger charge is -2.27. The first-order valence-corrected chi connectivity index (χ1v) is 10.1. The van der Waals surface area contributed by atoms with Crippen LogP contribution in [0.25, 0.3) is 5.69 Å². The van der Waals surface area contributed by atoms with E-state index < -0.39 is 0 Å². The molecule has 30 heavy (non-hydrogen) atoms. The zero-order chi connectivity index (χ0) is 21.7. The van der Waals surface area contributed by atoms with E-state index >= 15 is 0 Å². The van der Waals surface area contributed by atoms with Gasteiger partial charge < -0.3 is 5.32 Å². The Morgan fingerprint density at radius 2 is 1.83 bits per heavy atom. The summed E-state index contributed by atoms with van der Waals surface area (Å²) in [5.74, 6) is 0.564. The fourth-order valence-corrected chi connectivity index (χ4v) is 3.41. The number of benzene rings is 2. The van der Waals surface area contributed by atoms with Gasteiger partial charge in [-0.1, -0.05) is 36.8 Å². The summed E-state index contributed by atoms with van der Waals surface area (Å²) in [6, 6.07) is 19.6. The minimum atomic E-state index is -0.0920. The van der Waals surface area contributed by atoms with Crippen molar-refractivity contribution in [3.63, 3.8) is 0 Å². The van der Waals surface area contributed by atoms with Crippen LogP contribution in [0, 0.1) is 25.2 Å². The monoisotopic (exact) mass is 401 g/mol. The molecule has 3 aromatic rings. The molecule has 0 aliphatic heterocycles. The minimum Gasteiger partial charge on any atom is -0.309 e. The maximum absolute atomic E-state index is 12.8. The Balaban J connectivity index is 1.72. The second-order valence-corrected chi connectivity index (χ2v) is 7.44. The molecule has 1 heterocycles. The molecule has 0 radical (unpaired) electrons. The summed E-state index contributed by atoms with van der Waals surface area (Å²) in [6.07, 6.45) is 0. The molecule has 0 spiro atoms. The van der Waals surface area contributed by atoms with E-state index in [0.29, 0.717) is 11.4 Å². The molecule has 6 heteroatoms. The van der Waals surface area contributed by atoms with Gasteiger partial charge in [0.05, 0.1) is 29.6 Å². The van der Waals surface area contributed by atoms with Crippen LogP contribution in [-0.2, 0) is 4.79 Å². The van der Waals surface area contributed by atoms with Crippen LogP contribution in [0.3, 0.4) is 0 Å². The number of nitrogens with zero attached hydrogens (tertiary/aromatic N) is 4. The van der Waals surface area contributed by atoms with Gasteiger partial charge in [0.15, 0.2) is 0 Å². The maximum Gasteiger partial charge on any atom is 0.239 e. The van der Waals surface area contributed by atoms with Crippen LogP contribution in [0.15, 0.2) is 54.6 Å². The fourth-order valence-electron chi connectivity index (χ4n) is 3.41. The van der Waals surface area contributed by atoms with Crippen LogP contribution in [0.4, 0.5) is 5.82 Å². The fraction of sp³-hybridized carbons (Fsp3) is 0.292. The lowest BCUT2D eigenvalue weighted by Crippen LogP contribution is -2.35. The smallest absolute Gasteiger partial charge is 0.239 e. The van der Waals surface area contributed by atoms with Crippen molar-refractivity contribution in [2.75, 3.05) is 18.4 Å². The summed E-state index contributed by atoms with van der Waals surface area (Å²) in [4.78, 5) is 14.9. The molecule has 1 aromatic heterocycles. The van der Waals surface area contributed by atoms with Gasteiger partial charge in [-0.2, -0.15) is 10.4 Å². The highest BCUT2D eigenvalue weighted by Crippen LogP contribution is 2.21. The summed E-state index contributed by atoms with van der Waals surface area (Å²) < 4.78 is 1.76. The molecule has 0 bridgehead atoms. The topological polar surface area (TPSA) is 74.0 Å². The number of likely N-dealkylation sites (N-methyl/N-ethyl adjacent to an activating group) is 1. The standard InChI is InChI=1S/C24H27N5O/c1-5-28(19(4)21-10-8-20(15-25)9-11-21)16-24(30)26-23-14-18(3)27-29(23)22-12-6-17(2)7-13-22/h6-14,19H,5,16H2,1-4H3,(H,26,30). The van der Waals surface area contributed by atoms with Gasteiger partial charge in [-0.15, -0.1) is 0 Å². The van der Waals surface area contributed by atoms with Crippen LogP contribution in [-0.4, -0.2) is 33.7 Å². The second kappa shape index (κ2) is 9.38. The quantitative estimate of drug-likeness (QED) is 0.637. The first-order chi connectivity index (χ1) is 14.4. The van der Waals surface area contributed by atoms with Gasteiger partial charge >= 0.3 is 0 Å². The molecule has 1 amide bonds. The zero-order valence-electron chi connectivity index (χ0n) is 17.9. The molecule has 0 aliphatic carbocycles. The third kappa shape index (κ3) is 4.94. The van der Waals surface area contributed by atoms with Crippen molar-refractivity contribution in [3.05, 3.63) is 77.0 Å². The number of aromatic nitrogens is 2. The van der Waals surface area contributed by atoms with Gasteiger partial charge in [0.25, 0.3) is 0 Å². The van der Waals surface area contributed by atoms with Crippen LogP contribution >= 0.6 is 0 Å². The number of carbonyl (C=O) groups excluding carboxylic acids is 1. The largest absolute Gasteiger partial charge is 0.309 e. The number of nitriles is 1. The van der Waals surface area contributed by atoms with Crippen molar-refractivity contribution in [2.24, 2.45) is 0 Å². The number of rotatable bonds is 7. The number of hydrogen-bond donors (Lipinski definition) is 1. The number of nitrogens with one attached hydrogen (secondary N) is 1. The minimum absolute atomic E-state index is 0.0530. The van der Waals surface area contributed by atoms with E-state index in [1.165, 1.54) is 5.56 Å². The normalized spacial score (nSPS) is 11.9. The highest BCUT2D eigenvalue weighted by atomic mass is 16.2. The Morgan fingerprint density at radius 3 is 2.43 bits per heavy atom. The molecule has 0 saturated heterocycles. The van der Waals surface area contributed by atoms with Gasteiger partial charge in [0, 0.05) is 12.1 Å². The van der Waals surface area contributed by atoms with Crippen LogP contribution in [0.5, 0.6) is 0 Å². The second-order valence-electron chi connectivity index (χ2n) is 7.44. The third-order valence-corrected chi connectivity index (χ3v) is 5.20. The van der Waals surface area contributed by atoms with Crippen molar-refractivity contribution in [1.82, 2.24) is 14.7 Å². The van der Waals surface area contributed by atoms with E-state index in [1.807, 2.05) is 75.4 Å². The average molecular weight is 402 g/mol. The lowest BCUT2D eigenvalue weighted by atomic mass is 10.1. The Labute approximate surface area is 177 Å². The number of hydrogen-bond acceptors (Lipinski definition) is 4. The van der Waals surface area contributed by atoms with Gasteiger partial charge in [-0.3, -0.25) is 9.69 Å². The van der Waals surface area contributed by atoms with Crippen LogP contribution in [0.2, 0.25) is 0 Å². The third-order valence-electron chi connectivity index (χ3n) is 5.20. The van der Waals surface area contributed by atoms with Gasteiger partial charge in [0.1, 0.15) is 5.82 Å². The molecular formula is C24H27N5O. The summed E-state index contributed by atoms with van der Waals surface area (Å²) in [5, 5.41) is 16.5. The summed E-state index contributed by atoms with van der Waals surface area (Å²) in [7, 11) is 0. The van der Waals surface area contributed by atoms with Crippen molar-refractivity contribution < 1.29 is 4.79 Å². The Hall–Kier alpha value is -3.43. The summed E-state index contributed by atoms with van der Waals surface area (Å²) >= 11 is 0. The average Bonchev–Trinajstić information content (AvgIpc) is 3.11. The van der Waals surface area contributed by atoms with Crippen molar-refractivity contribution in [1.29, 1.82) is 5.26 Å². The first-order valence-electron chi connectivity index (χ1n) is 10.1. The molecular weight excluding hydrogens is 374 g/mol. The van der Waals surface area contributed by atoms with E-state index in [1.54, 1.807) is 4.68 Å². The lowest BCUT2D eigenvalue weighted by molar-refractivity contribution is -0.117. The zero-order valence-corrected chi connectivity index (χ0v) is 17.9. The molecule has 0 aliphatic rings. The number of aryl methyl sites for hydroxylation is 2. The molecule has 3 rings (SSSR count). The van der Waals surface area contributed by atoms with Crippen molar-refractivity contribution in [3.8, 4) is 11.8 Å². The van der Waals surface area contributed by atoms with Gasteiger partial charge in [-0.05, 0) is 57.1 Å². The van der Waals surface area contributed by atoms with Crippen LogP contribution in [0.1, 0.15) is 42.3 Å². The Bertz CT molecular complexity index is 1040. The predicted molar refractivity (Wildman–Crippen MR) is 118 cm³/mol. The Kier molecular flexibility index (Phi) is 6.65. The van der Waals surface area contributed by atoms with Crippen LogP contribution < -0.4 is 5.32 Å². The molecule has 0 fully saturated rings. The number of anilines is 1. The van der Waals surface area contributed by atoms with E-state index in [-0.39, 0.29) is 18.5 Å². The molecule has 1 unspecified atom stereocenters. The van der Waals surface area contributed by atoms with E-state index in [0.717, 1.165) is 23.5 Å². The number of carbonyl (C=O) groups is 1. The molecule has 2 aromatic carbocycles. The summed E-state index contributed by atoms with van der Waals surface area (Å²) in [6.45, 7) is 9.04. The Morgan fingerprint density at radius 1 is 1.17 bits per heavy atom. The van der Waals surface area contributed by atoms with Gasteiger partial charge in [-0.25, -0.2) is 4.68 Å². The predicted octanol–water partition coefficient (Wildman–Crippen LogP) is 4.38. The molecule has 6 nitrogen and oxygen atoms in total. The highest BCUT2D eigenvalue weighted by Gasteiger charge is 2.19. The maximum atomic E-state index is 12.8. The molecule has 1 N–H and O–H groups in total. The molecule has 154 valence electrons. The molecule has 0 saturated carbocycles. The van der Waals surface area contributed by atoms with E-state index in [9.17, 15) is 4.79 Å². The van der Waals surface area contributed by atoms with Gasteiger partial charge in [0.2, 0.25) is 5.91 Å². The van der Waals surface area contributed by atoms with Crippen molar-refractivity contribution in [2.45, 2.75) is 33.7 Å². The van der Waals surface area contributed by atoms with E-state index in [2.05, 4.69) is 28.3 Å². The van der Waals surface area contributed by atoms with Crippen molar-refractivity contribution >= 4 is 11.7 Å². The van der Waals surface area contributed by atoms with E-state index in [4.69, 9.17) is 5.26 Å². The summed E-state index contributed by atoms with van der Waals surface area (Å²) in [5.41, 5.74) is 4.62. The highest BCUT2D eigenvalue weighted by molar-refractivity contribution is 5.91. The first kappa shape index (κ1) is 21.3.